The molecule has 0 aliphatic carbocycles. The summed E-state index contributed by atoms with van der Waals surface area (Å²) in [6.07, 6.45) is 4.40. The Bertz CT molecular complexity index is 605. The molecule has 1 fully saturated rings. The van der Waals surface area contributed by atoms with E-state index in [0.717, 1.165) is 31.6 Å². The van der Waals surface area contributed by atoms with Crippen LogP contribution < -0.4 is 21.5 Å². The Kier molecular flexibility index (Phi) is 6.36. The summed E-state index contributed by atoms with van der Waals surface area (Å²) in [6, 6.07) is 1.21. The van der Waals surface area contributed by atoms with E-state index in [4.69, 9.17) is 5.73 Å². The lowest BCUT2D eigenvalue weighted by Gasteiger charge is -2.33. The molecule has 0 spiro atoms. The number of piperidine rings is 1. The van der Waals surface area contributed by atoms with E-state index in [2.05, 4.69) is 29.2 Å². The smallest absolute Gasteiger partial charge is 0.268 e. The molecule has 0 radical (unpaired) electrons. The van der Waals surface area contributed by atoms with Crippen LogP contribution in [0.2, 0.25) is 0 Å². The summed E-state index contributed by atoms with van der Waals surface area (Å²) in [7, 11) is 1.64. The van der Waals surface area contributed by atoms with Gasteiger partial charge < -0.3 is 16.0 Å². The predicted molar refractivity (Wildman–Crippen MR) is 94.9 cm³/mol. The second-order valence-corrected chi connectivity index (χ2v) is 7.09. The van der Waals surface area contributed by atoms with Crippen molar-refractivity contribution in [3.8, 4) is 0 Å². The second-order valence-electron chi connectivity index (χ2n) is 7.09. The number of aromatic nitrogens is 2. The molecule has 0 unspecified atom stereocenters. The Labute approximate surface area is 143 Å². The van der Waals surface area contributed by atoms with Gasteiger partial charge in [-0.25, -0.2) is 4.68 Å². The van der Waals surface area contributed by atoms with Crippen LogP contribution in [0.25, 0.3) is 0 Å². The van der Waals surface area contributed by atoms with E-state index >= 15 is 0 Å². The van der Waals surface area contributed by atoms with E-state index in [0.29, 0.717) is 24.8 Å². The van der Waals surface area contributed by atoms with Crippen molar-refractivity contribution in [3.05, 3.63) is 22.6 Å². The first-order valence-electron chi connectivity index (χ1n) is 8.68. The quantitative estimate of drug-likeness (QED) is 0.789. The normalized spacial score (nSPS) is 17.1. The van der Waals surface area contributed by atoms with Crippen LogP contribution in [0.3, 0.4) is 0 Å². The molecule has 1 aliphatic rings. The fourth-order valence-corrected chi connectivity index (χ4v) is 3.02. The minimum Gasteiger partial charge on any atom is -0.370 e. The molecule has 7 heteroatoms. The van der Waals surface area contributed by atoms with Crippen molar-refractivity contribution in [1.82, 2.24) is 15.1 Å². The van der Waals surface area contributed by atoms with Crippen molar-refractivity contribution in [3.63, 3.8) is 0 Å². The molecule has 2 rings (SSSR count). The molecule has 7 nitrogen and oxygen atoms in total. The third-order valence-electron chi connectivity index (χ3n) is 4.56. The molecule has 3 N–H and O–H groups in total. The number of aryl methyl sites for hydroxylation is 1. The van der Waals surface area contributed by atoms with Gasteiger partial charge in [0.1, 0.15) is 0 Å². The Morgan fingerprint density at radius 3 is 2.67 bits per heavy atom. The van der Waals surface area contributed by atoms with Gasteiger partial charge in [-0.3, -0.25) is 9.59 Å². The molecular weight excluding hydrogens is 306 g/mol. The standard InChI is InChI=1S/C17H29N5O2/c1-12(2)8-15(18)17(24)19-10-13-4-6-22(7-5-13)14-9-16(23)21(3)20-11-14/h9,11-13,15H,4-8,10,18H2,1-3H3,(H,19,24)/t15-/m1/s1. The van der Waals surface area contributed by atoms with Crippen molar-refractivity contribution in [1.29, 1.82) is 0 Å². The topological polar surface area (TPSA) is 93.2 Å². The van der Waals surface area contributed by atoms with Gasteiger partial charge >= 0.3 is 0 Å². The summed E-state index contributed by atoms with van der Waals surface area (Å²) in [4.78, 5) is 25.8. The summed E-state index contributed by atoms with van der Waals surface area (Å²) in [5, 5.41) is 7.05. The van der Waals surface area contributed by atoms with Crippen LogP contribution in [0.4, 0.5) is 5.69 Å². The summed E-state index contributed by atoms with van der Waals surface area (Å²) in [6.45, 7) is 6.54. The lowest BCUT2D eigenvalue weighted by atomic mass is 9.96. The highest BCUT2D eigenvalue weighted by atomic mass is 16.2. The zero-order chi connectivity index (χ0) is 17.7. The molecule has 1 aromatic rings. The molecule has 1 amide bonds. The van der Waals surface area contributed by atoms with Crippen molar-refractivity contribution in [2.24, 2.45) is 24.6 Å². The van der Waals surface area contributed by atoms with E-state index in [1.54, 1.807) is 19.3 Å². The first-order chi connectivity index (χ1) is 11.4. The van der Waals surface area contributed by atoms with Crippen LogP contribution >= 0.6 is 0 Å². The fraction of sp³-hybridized carbons (Fsp3) is 0.706. The first-order valence-corrected chi connectivity index (χ1v) is 8.68. The third-order valence-corrected chi connectivity index (χ3v) is 4.56. The molecule has 134 valence electrons. The SMILES string of the molecule is CC(C)C[C@@H](N)C(=O)NCC1CCN(c2cnn(C)c(=O)c2)CC1. The van der Waals surface area contributed by atoms with Crippen molar-refractivity contribution in [2.75, 3.05) is 24.5 Å². The van der Waals surface area contributed by atoms with Crippen LogP contribution in [-0.2, 0) is 11.8 Å². The predicted octanol–water partition coefficient (Wildman–Crippen LogP) is 0.486. The van der Waals surface area contributed by atoms with Gasteiger partial charge in [0.15, 0.2) is 0 Å². The maximum atomic E-state index is 12.0. The van der Waals surface area contributed by atoms with Gasteiger partial charge in [0.2, 0.25) is 5.91 Å². The van der Waals surface area contributed by atoms with E-state index in [9.17, 15) is 9.59 Å². The van der Waals surface area contributed by atoms with Gasteiger partial charge in [-0.05, 0) is 31.1 Å². The summed E-state index contributed by atoms with van der Waals surface area (Å²) in [5.41, 5.74) is 6.68. The molecule has 1 aromatic heterocycles. The summed E-state index contributed by atoms with van der Waals surface area (Å²) in [5.74, 6) is 0.819. The van der Waals surface area contributed by atoms with Gasteiger partial charge in [-0.2, -0.15) is 5.10 Å². The zero-order valence-corrected chi connectivity index (χ0v) is 14.9. The number of rotatable bonds is 6. The van der Waals surface area contributed by atoms with E-state index in [-0.39, 0.29) is 11.5 Å². The van der Waals surface area contributed by atoms with Crippen LogP contribution in [0, 0.1) is 11.8 Å². The molecule has 0 aromatic carbocycles. The Morgan fingerprint density at radius 2 is 2.08 bits per heavy atom. The largest absolute Gasteiger partial charge is 0.370 e. The molecule has 0 saturated carbocycles. The average Bonchev–Trinajstić information content (AvgIpc) is 2.55. The molecule has 1 aliphatic heterocycles. The monoisotopic (exact) mass is 335 g/mol. The fourth-order valence-electron chi connectivity index (χ4n) is 3.02. The molecular formula is C17H29N5O2. The summed E-state index contributed by atoms with van der Waals surface area (Å²) < 4.78 is 1.33. The van der Waals surface area contributed by atoms with E-state index in [1.807, 2.05) is 0 Å². The number of carbonyl (C=O) groups excluding carboxylic acids is 1. The highest BCUT2D eigenvalue weighted by Crippen LogP contribution is 2.21. The summed E-state index contributed by atoms with van der Waals surface area (Å²) >= 11 is 0. The van der Waals surface area contributed by atoms with Crippen molar-refractivity contribution < 1.29 is 4.79 Å². The molecule has 0 bridgehead atoms. The van der Waals surface area contributed by atoms with Gasteiger partial charge in [-0.15, -0.1) is 0 Å². The first kappa shape index (κ1) is 18.4. The maximum absolute atomic E-state index is 12.0. The Morgan fingerprint density at radius 1 is 1.42 bits per heavy atom. The number of hydrogen-bond donors (Lipinski definition) is 2. The van der Waals surface area contributed by atoms with Crippen molar-refractivity contribution in [2.45, 2.75) is 39.2 Å². The van der Waals surface area contributed by atoms with Gasteiger partial charge in [0.25, 0.3) is 5.56 Å². The van der Waals surface area contributed by atoms with Gasteiger partial charge in [-0.1, -0.05) is 13.8 Å². The second kappa shape index (κ2) is 8.28. The molecule has 24 heavy (non-hydrogen) atoms. The number of nitrogens with one attached hydrogen (secondary N) is 1. The van der Waals surface area contributed by atoms with Crippen LogP contribution in [-0.4, -0.2) is 41.4 Å². The maximum Gasteiger partial charge on any atom is 0.268 e. The van der Waals surface area contributed by atoms with Gasteiger partial charge in [0.05, 0.1) is 17.9 Å². The lowest BCUT2D eigenvalue weighted by Crippen LogP contribution is -2.45. The molecule has 2 heterocycles. The number of amides is 1. The number of nitrogens with two attached hydrogens (primary N) is 1. The highest BCUT2D eigenvalue weighted by molar-refractivity contribution is 5.81. The highest BCUT2D eigenvalue weighted by Gasteiger charge is 2.22. The lowest BCUT2D eigenvalue weighted by molar-refractivity contribution is -0.122. The number of anilines is 1. The van der Waals surface area contributed by atoms with Crippen LogP contribution in [0.1, 0.15) is 33.1 Å². The molecule has 1 atom stereocenters. The van der Waals surface area contributed by atoms with Crippen LogP contribution in [0.15, 0.2) is 17.1 Å². The minimum atomic E-state index is -0.420. The third kappa shape index (κ3) is 5.06. The van der Waals surface area contributed by atoms with Gasteiger partial charge in [0, 0.05) is 32.7 Å². The Balaban J connectivity index is 1.77. The molecule has 1 saturated heterocycles. The average molecular weight is 335 g/mol. The zero-order valence-electron chi connectivity index (χ0n) is 14.9. The number of carbonyl (C=O) groups is 1. The van der Waals surface area contributed by atoms with Crippen molar-refractivity contribution >= 4 is 11.6 Å². The van der Waals surface area contributed by atoms with E-state index in [1.165, 1.54) is 4.68 Å². The Hall–Kier alpha value is -1.89. The number of hydrogen-bond acceptors (Lipinski definition) is 5. The van der Waals surface area contributed by atoms with Crippen LogP contribution in [0.5, 0.6) is 0 Å². The number of nitrogens with zero attached hydrogens (tertiary/aromatic N) is 3. The minimum absolute atomic E-state index is 0.0538. The van der Waals surface area contributed by atoms with E-state index < -0.39 is 6.04 Å².